The third-order valence-electron chi connectivity index (χ3n) is 4.80. The molecule has 0 saturated carbocycles. The van der Waals surface area contributed by atoms with Crippen LogP contribution in [0.2, 0.25) is 0 Å². The van der Waals surface area contributed by atoms with Gasteiger partial charge in [0, 0.05) is 15.7 Å². The summed E-state index contributed by atoms with van der Waals surface area (Å²) < 4.78 is 69.7. The first-order chi connectivity index (χ1) is 15.6. The standard InChI is InChI=1S/C23H17F3NO3PS2/c24-19-11-10-15(12-18(19)23(25,26)31)33(29,30)27-20-13-21(32-14-6-2-1-3-7-14)22(28)17-9-5-4-8-16(17)20/h1-13,27-28H,31H2. The van der Waals surface area contributed by atoms with Crippen molar-refractivity contribution in [3.8, 4) is 5.75 Å². The number of phenols is 1. The zero-order chi connectivity index (χ0) is 23.8. The van der Waals surface area contributed by atoms with Gasteiger partial charge in [-0.05, 0) is 36.4 Å². The highest BCUT2D eigenvalue weighted by Gasteiger charge is 2.30. The van der Waals surface area contributed by atoms with Gasteiger partial charge >= 0.3 is 0 Å². The Morgan fingerprint density at radius 3 is 2.21 bits per heavy atom. The number of halogens is 3. The van der Waals surface area contributed by atoms with Gasteiger partial charge in [-0.15, -0.1) is 0 Å². The maximum Gasteiger partial charge on any atom is 0.286 e. The van der Waals surface area contributed by atoms with Gasteiger partial charge in [-0.25, -0.2) is 12.8 Å². The normalized spacial score (nSPS) is 12.1. The molecule has 0 amide bonds. The van der Waals surface area contributed by atoms with E-state index in [1.54, 1.807) is 24.3 Å². The summed E-state index contributed by atoms with van der Waals surface area (Å²) in [5.41, 5.74) is -4.54. The summed E-state index contributed by atoms with van der Waals surface area (Å²) in [6.07, 6.45) is 0. The second-order valence-corrected chi connectivity index (χ2v) is 10.6. The van der Waals surface area contributed by atoms with Gasteiger partial charge in [0.05, 0.1) is 21.0 Å². The summed E-state index contributed by atoms with van der Waals surface area (Å²) in [5, 5.41) is 11.6. The molecule has 4 nitrogen and oxygen atoms in total. The molecule has 0 heterocycles. The predicted octanol–water partition coefficient (Wildman–Crippen LogP) is 6.56. The van der Waals surface area contributed by atoms with Crippen molar-refractivity contribution >= 4 is 47.5 Å². The number of hydrogen-bond acceptors (Lipinski definition) is 4. The van der Waals surface area contributed by atoms with Gasteiger partial charge in [-0.2, -0.15) is 8.78 Å². The van der Waals surface area contributed by atoms with E-state index in [2.05, 4.69) is 4.72 Å². The molecule has 0 bridgehead atoms. The summed E-state index contributed by atoms with van der Waals surface area (Å²) in [5.74, 6) is -1.24. The van der Waals surface area contributed by atoms with E-state index in [4.69, 9.17) is 0 Å². The van der Waals surface area contributed by atoms with E-state index in [1.165, 1.54) is 27.1 Å². The van der Waals surface area contributed by atoms with E-state index < -0.39 is 32.0 Å². The number of sulfonamides is 1. The topological polar surface area (TPSA) is 66.4 Å². The Hall–Kier alpha value is -2.74. The first-order valence-electron chi connectivity index (χ1n) is 9.53. The van der Waals surface area contributed by atoms with Gasteiger partial charge in [0.1, 0.15) is 11.6 Å². The molecule has 0 aromatic heterocycles. The fraction of sp³-hybridized carbons (Fsp3) is 0.0435. The molecule has 4 aromatic rings. The largest absolute Gasteiger partial charge is 0.506 e. The summed E-state index contributed by atoms with van der Waals surface area (Å²) in [7, 11) is -3.16. The molecule has 170 valence electrons. The van der Waals surface area contributed by atoms with Crippen LogP contribution in [0.5, 0.6) is 5.75 Å². The Morgan fingerprint density at radius 1 is 0.909 bits per heavy atom. The third-order valence-corrected chi connectivity index (χ3v) is 7.52. The highest BCUT2D eigenvalue weighted by molar-refractivity contribution is 7.99. The second kappa shape index (κ2) is 8.89. The van der Waals surface area contributed by atoms with Crippen LogP contribution in [0.4, 0.5) is 18.9 Å². The number of benzene rings is 4. The molecule has 1 atom stereocenters. The molecule has 0 aliphatic heterocycles. The van der Waals surface area contributed by atoms with Crippen LogP contribution in [0.1, 0.15) is 5.56 Å². The van der Waals surface area contributed by atoms with Crippen LogP contribution in [-0.4, -0.2) is 13.5 Å². The van der Waals surface area contributed by atoms with Gasteiger partial charge in [0.25, 0.3) is 15.7 Å². The van der Waals surface area contributed by atoms with Crippen molar-refractivity contribution in [1.29, 1.82) is 0 Å². The Bertz CT molecular complexity index is 1440. The molecule has 2 N–H and O–H groups in total. The number of aromatic hydroxyl groups is 1. The molecule has 0 spiro atoms. The maximum absolute atomic E-state index is 13.9. The van der Waals surface area contributed by atoms with Crippen molar-refractivity contribution in [2.45, 2.75) is 20.4 Å². The van der Waals surface area contributed by atoms with Crippen LogP contribution in [0.25, 0.3) is 10.8 Å². The SMILES string of the molecule is O=S(=O)(Nc1cc(Sc2ccccc2)c(O)c2ccccc12)c1ccc(F)c(C(F)(F)P)c1. The lowest BCUT2D eigenvalue weighted by atomic mass is 10.1. The van der Waals surface area contributed by atoms with Gasteiger partial charge < -0.3 is 5.11 Å². The van der Waals surface area contributed by atoms with Gasteiger partial charge in [-0.1, -0.05) is 63.5 Å². The van der Waals surface area contributed by atoms with E-state index >= 15 is 0 Å². The third kappa shape index (κ3) is 4.95. The second-order valence-electron chi connectivity index (χ2n) is 7.10. The van der Waals surface area contributed by atoms with Crippen molar-refractivity contribution < 1.29 is 26.7 Å². The van der Waals surface area contributed by atoms with Gasteiger partial charge in [0.15, 0.2) is 0 Å². The van der Waals surface area contributed by atoms with Crippen LogP contribution in [0.15, 0.2) is 93.5 Å². The number of anilines is 1. The fourth-order valence-corrected chi connectivity index (χ4v) is 5.49. The molecule has 4 rings (SSSR count). The predicted molar refractivity (Wildman–Crippen MR) is 127 cm³/mol. The quantitative estimate of drug-likeness (QED) is 0.229. The zero-order valence-electron chi connectivity index (χ0n) is 16.8. The summed E-state index contributed by atoms with van der Waals surface area (Å²) in [4.78, 5) is 0.701. The molecular weight excluding hydrogens is 490 g/mol. The van der Waals surface area contributed by atoms with Crippen LogP contribution in [0.3, 0.4) is 0 Å². The van der Waals surface area contributed by atoms with E-state index in [0.29, 0.717) is 27.8 Å². The molecule has 0 saturated heterocycles. The minimum Gasteiger partial charge on any atom is -0.506 e. The average Bonchev–Trinajstić information content (AvgIpc) is 2.77. The average molecular weight is 507 g/mol. The van der Waals surface area contributed by atoms with Crippen molar-refractivity contribution in [3.63, 3.8) is 0 Å². The molecular formula is C23H17F3NO3PS2. The number of hydrogen-bond donors (Lipinski definition) is 2. The van der Waals surface area contributed by atoms with E-state index in [9.17, 15) is 26.7 Å². The molecule has 0 fully saturated rings. The monoisotopic (exact) mass is 507 g/mol. The van der Waals surface area contributed by atoms with Crippen LogP contribution < -0.4 is 4.72 Å². The van der Waals surface area contributed by atoms with Crippen molar-refractivity contribution in [3.05, 3.63) is 90.2 Å². The minimum atomic E-state index is -4.36. The van der Waals surface area contributed by atoms with E-state index in [1.807, 2.05) is 30.3 Å². The van der Waals surface area contributed by atoms with Gasteiger partial charge in [0.2, 0.25) is 0 Å². The number of nitrogens with one attached hydrogen (secondary N) is 1. The van der Waals surface area contributed by atoms with E-state index in [-0.39, 0.29) is 11.4 Å². The Kier molecular flexibility index (Phi) is 6.31. The Morgan fingerprint density at radius 2 is 1.55 bits per heavy atom. The van der Waals surface area contributed by atoms with Crippen molar-refractivity contribution in [2.24, 2.45) is 0 Å². The Labute approximate surface area is 195 Å². The summed E-state index contributed by atoms with van der Waals surface area (Å²) in [6, 6.07) is 19.5. The smallest absolute Gasteiger partial charge is 0.286 e. The van der Waals surface area contributed by atoms with Gasteiger partial charge in [-0.3, -0.25) is 4.72 Å². The van der Waals surface area contributed by atoms with Crippen LogP contribution >= 0.6 is 21.0 Å². The highest BCUT2D eigenvalue weighted by atomic mass is 32.2. The number of fused-ring (bicyclic) bond motifs is 1. The fourth-order valence-electron chi connectivity index (χ4n) is 3.24. The summed E-state index contributed by atoms with van der Waals surface area (Å²) >= 11 is 1.24. The minimum absolute atomic E-state index is 0.0193. The lowest BCUT2D eigenvalue weighted by molar-refractivity contribution is 0.0989. The first kappa shape index (κ1) is 23.4. The molecule has 0 radical (unpaired) electrons. The number of phenolic OH excluding ortho intramolecular Hbond substituents is 1. The van der Waals surface area contributed by atoms with Crippen LogP contribution in [-0.2, 0) is 15.7 Å². The van der Waals surface area contributed by atoms with E-state index in [0.717, 1.165) is 11.0 Å². The molecule has 0 aliphatic rings. The zero-order valence-corrected chi connectivity index (χ0v) is 19.6. The molecule has 4 aromatic carbocycles. The molecule has 1 unspecified atom stereocenters. The number of rotatable bonds is 6. The lowest BCUT2D eigenvalue weighted by Gasteiger charge is -2.16. The van der Waals surface area contributed by atoms with Crippen molar-refractivity contribution in [1.82, 2.24) is 0 Å². The molecule has 33 heavy (non-hydrogen) atoms. The Balaban J connectivity index is 1.81. The first-order valence-corrected chi connectivity index (χ1v) is 12.4. The molecule has 0 aliphatic carbocycles. The van der Waals surface area contributed by atoms with Crippen LogP contribution in [0, 0.1) is 5.82 Å². The lowest BCUT2D eigenvalue weighted by Crippen LogP contribution is -2.15. The maximum atomic E-state index is 13.9. The highest BCUT2D eigenvalue weighted by Crippen LogP contribution is 2.43. The summed E-state index contributed by atoms with van der Waals surface area (Å²) in [6.45, 7) is 0. The molecule has 10 heteroatoms. The number of alkyl halides is 2. The van der Waals surface area contributed by atoms with Crippen molar-refractivity contribution in [2.75, 3.05) is 4.72 Å².